The van der Waals surface area contributed by atoms with E-state index in [-0.39, 0.29) is 30.5 Å². The number of sulfonamides is 1. The number of likely N-dealkylation sites (N-methyl/N-ethyl adjacent to an activating group) is 1. The van der Waals surface area contributed by atoms with Crippen LogP contribution in [0, 0.1) is 0 Å². The molecule has 1 heterocycles. The molecule has 1 saturated heterocycles. The second-order valence-electron chi connectivity index (χ2n) is 5.17. The predicted octanol–water partition coefficient (Wildman–Crippen LogP) is 0.221. The minimum absolute atomic E-state index is 0.0268. The van der Waals surface area contributed by atoms with E-state index in [1.165, 1.54) is 30.6 Å². The van der Waals surface area contributed by atoms with Gasteiger partial charge in [-0.3, -0.25) is 4.79 Å². The number of methoxy groups -OCH3 is 1. The zero-order valence-electron chi connectivity index (χ0n) is 12.8. The summed E-state index contributed by atoms with van der Waals surface area (Å²) in [5.41, 5.74) is -1.19. The van der Waals surface area contributed by atoms with E-state index in [0.29, 0.717) is 5.75 Å². The Morgan fingerprint density at radius 3 is 2.55 bits per heavy atom. The summed E-state index contributed by atoms with van der Waals surface area (Å²) in [6.45, 7) is 1.93. The Bertz CT molecular complexity index is 644. The summed E-state index contributed by atoms with van der Waals surface area (Å²) in [7, 11) is -0.674. The van der Waals surface area contributed by atoms with E-state index in [0.717, 1.165) is 0 Å². The number of rotatable bonds is 4. The topological polar surface area (TPSA) is 84.9 Å². The molecule has 8 heteroatoms. The molecule has 122 valence electrons. The Morgan fingerprint density at radius 1 is 1.36 bits per heavy atom. The second-order valence-corrected chi connectivity index (χ2v) is 7.11. The van der Waals surface area contributed by atoms with Crippen LogP contribution < -0.4 is 10.1 Å². The highest BCUT2D eigenvalue weighted by Crippen LogP contribution is 2.25. The fourth-order valence-corrected chi connectivity index (χ4v) is 3.85. The molecule has 0 aliphatic carbocycles. The van der Waals surface area contributed by atoms with Gasteiger partial charge in [-0.05, 0) is 31.2 Å². The molecular weight excluding hydrogens is 308 g/mol. The molecule has 22 heavy (non-hydrogen) atoms. The van der Waals surface area contributed by atoms with E-state index in [9.17, 15) is 13.2 Å². The van der Waals surface area contributed by atoms with Crippen molar-refractivity contribution >= 4 is 15.9 Å². The first kappa shape index (κ1) is 16.7. The van der Waals surface area contributed by atoms with Crippen LogP contribution in [0.1, 0.15) is 6.92 Å². The maximum atomic E-state index is 12.7. The zero-order valence-corrected chi connectivity index (χ0v) is 13.6. The van der Waals surface area contributed by atoms with Gasteiger partial charge in [0.15, 0.2) is 5.60 Å². The van der Waals surface area contributed by atoms with Crippen LogP contribution in [-0.4, -0.2) is 58.1 Å². The van der Waals surface area contributed by atoms with Gasteiger partial charge in [0, 0.05) is 13.6 Å². The third-order valence-corrected chi connectivity index (χ3v) is 5.50. The van der Waals surface area contributed by atoms with Gasteiger partial charge in [-0.25, -0.2) is 8.42 Å². The number of amides is 1. The van der Waals surface area contributed by atoms with Crippen molar-refractivity contribution in [2.75, 3.05) is 33.9 Å². The molecule has 1 aliphatic rings. The highest BCUT2D eigenvalue weighted by molar-refractivity contribution is 7.89. The fourth-order valence-electron chi connectivity index (χ4n) is 2.34. The highest BCUT2D eigenvalue weighted by atomic mass is 32.2. The maximum absolute atomic E-state index is 12.7. The van der Waals surface area contributed by atoms with Gasteiger partial charge in [0.25, 0.3) is 5.91 Å². The predicted molar refractivity (Wildman–Crippen MR) is 80.2 cm³/mol. The van der Waals surface area contributed by atoms with Gasteiger partial charge in [0.05, 0.1) is 25.2 Å². The Hall–Kier alpha value is -1.64. The summed E-state index contributed by atoms with van der Waals surface area (Å²) in [5, 5.41) is 2.50. The number of carbonyl (C=O) groups is 1. The zero-order chi connectivity index (χ0) is 16.4. The summed E-state index contributed by atoms with van der Waals surface area (Å²) in [5.74, 6) is 0.234. The number of ether oxygens (including phenoxy) is 2. The van der Waals surface area contributed by atoms with Crippen LogP contribution in [0.3, 0.4) is 0 Å². The molecule has 1 N–H and O–H groups in total. The molecule has 2 rings (SSSR count). The molecule has 1 atom stereocenters. The van der Waals surface area contributed by atoms with Crippen LogP contribution in [0.5, 0.6) is 5.75 Å². The first-order valence-electron chi connectivity index (χ1n) is 6.84. The van der Waals surface area contributed by atoms with Crippen LogP contribution in [-0.2, 0) is 19.6 Å². The first-order valence-corrected chi connectivity index (χ1v) is 8.28. The van der Waals surface area contributed by atoms with Crippen molar-refractivity contribution in [3.63, 3.8) is 0 Å². The quantitative estimate of drug-likeness (QED) is 0.855. The molecule has 1 fully saturated rings. The molecule has 0 radical (unpaired) electrons. The van der Waals surface area contributed by atoms with Gasteiger partial charge in [-0.1, -0.05) is 0 Å². The van der Waals surface area contributed by atoms with E-state index in [4.69, 9.17) is 9.47 Å². The van der Waals surface area contributed by atoms with Crippen molar-refractivity contribution in [3.8, 4) is 5.75 Å². The number of nitrogens with one attached hydrogen (secondary N) is 1. The summed E-state index contributed by atoms with van der Waals surface area (Å²) < 4.78 is 37.1. The summed E-state index contributed by atoms with van der Waals surface area (Å²) in [4.78, 5) is 12.1. The van der Waals surface area contributed by atoms with Crippen LogP contribution in [0.4, 0.5) is 0 Å². The lowest BCUT2D eigenvalue weighted by molar-refractivity contribution is -0.151. The smallest absolute Gasteiger partial charge is 0.253 e. The molecule has 0 saturated carbocycles. The third-order valence-electron chi connectivity index (χ3n) is 3.64. The fraction of sp³-hybridized carbons (Fsp3) is 0.500. The average Bonchev–Trinajstić information content (AvgIpc) is 2.54. The van der Waals surface area contributed by atoms with Crippen LogP contribution in [0.25, 0.3) is 0 Å². The normalized spacial score (nSPS) is 23.0. The average molecular weight is 328 g/mol. The molecule has 1 aromatic rings. The van der Waals surface area contributed by atoms with E-state index in [2.05, 4.69) is 5.32 Å². The van der Waals surface area contributed by atoms with E-state index in [1.807, 2.05) is 0 Å². The Labute approximate surface area is 130 Å². The molecule has 0 bridgehead atoms. The van der Waals surface area contributed by atoms with Gasteiger partial charge in [-0.15, -0.1) is 0 Å². The van der Waals surface area contributed by atoms with Gasteiger partial charge in [-0.2, -0.15) is 4.31 Å². The van der Waals surface area contributed by atoms with Crippen LogP contribution >= 0.6 is 0 Å². The molecule has 7 nitrogen and oxygen atoms in total. The standard InChI is InChI=1S/C14H20N2O5S/c1-14(13(17)15-2)10-16(8-9-21-14)22(18,19)12-6-4-11(20-3)5-7-12/h4-7H,8-10H2,1-3H3,(H,15,17)/t14-/m1/s1. The molecule has 0 spiro atoms. The third kappa shape index (κ3) is 3.08. The molecule has 1 amide bonds. The second kappa shape index (κ2) is 6.23. The van der Waals surface area contributed by atoms with E-state index < -0.39 is 15.6 Å². The summed E-state index contributed by atoms with van der Waals surface area (Å²) >= 11 is 0. The lowest BCUT2D eigenvalue weighted by atomic mass is 10.0. The lowest BCUT2D eigenvalue weighted by Crippen LogP contribution is -2.58. The number of hydrogen-bond acceptors (Lipinski definition) is 5. The van der Waals surface area contributed by atoms with Crippen molar-refractivity contribution in [2.24, 2.45) is 0 Å². The summed E-state index contributed by atoms with van der Waals surface area (Å²) in [6, 6.07) is 6.15. The van der Waals surface area contributed by atoms with Crippen molar-refractivity contribution in [1.29, 1.82) is 0 Å². The minimum Gasteiger partial charge on any atom is -0.497 e. The number of morpholine rings is 1. The monoisotopic (exact) mass is 328 g/mol. The number of nitrogens with zero attached hydrogens (tertiary/aromatic N) is 1. The molecule has 1 aromatic carbocycles. The van der Waals surface area contributed by atoms with Crippen molar-refractivity contribution < 1.29 is 22.7 Å². The van der Waals surface area contributed by atoms with Crippen molar-refractivity contribution in [3.05, 3.63) is 24.3 Å². The maximum Gasteiger partial charge on any atom is 0.253 e. The number of hydrogen-bond donors (Lipinski definition) is 1. The van der Waals surface area contributed by atoms with Gasteiger partial charge in [0.1, 0.15) is 5.75 Å². The first-order chi connectivity index (χ1) is 10.3. The number of benzene rings is 1. The highest BCUT2D eigenvalue weighted by Gasteiger charge is 2.42. The van der Waals surface area contributed by atoms with Gasteiger partial charge in [0.2, 0.25) is 10.0 Å². The Kier molecular flexibility index (Phi) is 4.74. The largest absolute Gasteiger partial charge is 0.497 e. The SMILES string of the molecule is CNC(=O)[C@@]1(C)CN(S(=O)(=O)c2ccc(OC)cc2)CCO1. The van der Waals surface area contributed by atoms with Crippen molar-refractivity contribution in [1.82, 2.24) is 9.62 Å². The molecule has 0 aromatic heterocycles. The van der Waals surface area contributed by atoms with Gasteiger partial charge >= 0.3 is 0 Å². The van der Waals surface area contributed by atoms with Gasteiger partial charge < -0.3 is 14.8 Å². The lowest BCUT2D eigenvalue weighted by Gasteiger charge is -2.38. The minimum atomic E-state index is -3.68. The molecular formula is C14H20N2O5S. The van der Waals surface area contributed by atoms with Crippen LogP contribution in [0.15, 0.2) is 29.2 Å². The Morgan fingerprint density at radius 2 is 2.00 bits per heavy atom. The van der Waals surface area contributed by atoms with Crippen molar-refractivity contribution in [2.45, 2.75) is 17.4 Å². The number of carbonyl (C=O) groups excluding carboxylic acids is 1. The van der Waals surface area contributed by atoms with E-state index in [1.54, 1.807) is 19.1 Å². The van der Waals surface area contributed by atoms with E-state index >= 15 is 0 Å². The summed E-state index contributed by atoms with van der Waals surface area (Å²) in [6.07, 6.45) is 0. The molecule has 1 aliphatic heterocycles. The Balaban J connectivity index is 2.26. The van der Waals surface area contributed by atoms with Crippen LogP contribution in [0.2, 0.25) is 0 Å². The molecule has 0 unspecified atom stereocenters.